The third-order valence-electron chi connectivity index (χ3n) is 0.903. The molecule has 0 aromatic rings. The second kappa shape index (κ2) is 5.70. The van der Waals surface area contributed by atoms with E-state index in [4.69, 9.17) is 21.3 Å². The van der Waals surface area contributed by atoms with Gasteiger partial charge in [0, 0.05) is 6.54 Å². The predicted octanol–water partition coefficient (Wildman–Crippen LogP) is -1.11. The van der Waals surface area contributed by atoms with E-state index < -0.39 is 12.0 Å². The van der Waals surface area contributed by atoms with Crippen molar-refractivity contribution in [3.05, 3.63) is 12.3 Å². The summed E-state index contributed by atoms with van der Waals surface area (Å²) in [6, 6.07) is -1.01. The summed E-state index contributed by atoms with van der Waals surface area (Å²) >= 11 is 0. The van der Waals surface area contributed by atoms with Crippen LogP contribution in [0.15, 0.2) is 12.3 Å². The van der Waals surface area contributed by atoms with Gasteiger partial charge in [-0.1, -0.05) is 0 Å². The summed E-state index contributed by atoms with van der Waals surface area (Å²) in [5.41, 5.74) is 10.2. The molecule has 0 aliphatic heterocycles. The Morgan fingerprint density at radius 1 is 1.73 bits per heavy atom. The maximum Gasteiger partial charge on any atom is 0.324 e. The standard InChI is InChI=1S/C6H12N2O3/c7-2-4-11-3-1-5(8)6(9)10/h1,3,5H,2,4,7-8H2,(H,9,10)/b3-1-. The lowest BCUT2D eigenvalue weighted by molar-refractivity contribution is -0.137. The SMILES string of the molecule is NCCO/C=C\C(N)C(=O)O. The second-order valence-corrected chi connectivity index (χ2v) is 1.85. The molecule has 0 aromatic carbocycles. The van der Waals surface area contributed by atoms with E-state index in [2.05, 4.69) is 0 Å². The highest BCUT2D eigenvalue weighted by Crippen LogP contribution is 1.83. The first kappa shape index (κ1) is 9.93. The monoisotopic (exact) mass is 160 g/mol. The summed E-state index contributed by atoms with van der Waals surface area (Å²) in [5, 5.41) is 8.28. The Labute approximate surface area is 64.6 Å². The second-order valence-electron chi connectivity index (χ2n) is 1.85. The van der Waals surface area contributed by atoms with Crippen LogP contribution in [0.4, 0.5) is 0 Å². The summed E-state index contributed by atoms with van der Waals surface area (Å²) < 4.78 is 4.75. The fourth-order valence-electron chi connectivity index (χ4n) is 0.359. The van der Waals surface area contributed by atoms with Gasteiger partial charge in [-0.2, -0.15) is 0 Å². The molecule has 0 amide bonds. The van der Waals surface area contributed by atoms with E-state index in [-0.39, 0.29) is 0 Å². The van der Waals surface area contributed by atoms with Crippen LogP contribution in [0.1, 0.15) is 0 Å². The molecule has 0 rings (SSSR count). The van der Waals surface area contributed by atoms with Crippen LogP contribution >= 0.6 is 0 Å². The van der Waals surface area contributed by atoms with Gasteiger partial charge in [0.25, 0.3) is 0 Å². The smallest absolute Gasteiger partial charge is 0.324 e. The van der Waals surface area contributed by atoms with Crippen molar-refractivity contribution < 1.29 is 14.6 Å². The van der Waals surface area contributed by atoms with Gasteiger partial charge in [-0.25, -0.2) is 0 Å². The van der Waals surface area contributed by atoms with Crippen molar-refractivity contribution >= 4 is 5.97 Å². The summed E-state index contributed by atoms with van der Waals surface area (Å²) in [5.74, 6) is -1.09. The number of ether oxygens (including phenoxy) is 1. The van der Waals surface area contributed by atoms with Crippen molar-refractivity contribution in [2.75, 3.05) is 13.2 Å². The fourth-order valence-corrected chi connectivity index (χ4v) is 0.359. The maximum atomic E-state index is 10.1. The van der Waals surface area contributed by atoms with Crippen LogP contribution in [-0.4, -0.2) is 30.3 Å². The number of aliphatic carboxylic acids is 1. The van der Waals surface area contributed by atoms with E-state index in [1.807, 2.05) is 0 Å². The number of hydrogen-bond acceptors (Lipinski definition) is 4. The zero-order valence-electron chi connectivity index (χ0n) is 6.06. The summed E-state index contributed by atoms with van der Waals surface area (Å²) in [4.78, 5) is 10.1. The van der Waals surface area contributed by atoms with Crippen LogP contribution in [-0.2, 0) is 9.53 Å². The Bertz CT molecular complexity index is 147. The van der Waals surface area contributed by atoms with Crippen molar-refractivity contribution in [1.29, 1.82) is 0 Å². The first-order valence-corrected chi connectivity index (χ1v) is 3.15. The maximum absolute atomic E-state index is 10.1. The number of carboxylic acid groups (broad SMARTS) is 1. The average molecular weight is 160 g/mol. The Hall–Kier alpha value is -1.07. The molecule has 0 aliphatic carbocycles. The molecule has 0 saturated heterocycles. The van der Waals surface area contributed by atoms with Crippen LogP contribution in [0.3, 0.4) is 0 Å². The first-order chi connectivity index (χ1) is 5.18. The lowest BCUT2D eigenvalue weighted by atomic mass is 10.3. The normalized spacial score (nSPS) is 13.3. The molecule has 1 unspecified atom stereocenters. The van der Waals surface area contributed by atoms with Gasteiger partial charge in [0.05, 0.1) is 12.9 Å². The van der Waals surface area contributed by atoms with E-state index in [0.717, 1.165) is 0 Å². The minimum Gasteiger partial charge on any atom is -0.500 e. The van der Waals surface area contributed by atoms with Gasteiger partial charge in [0.15, 0.2) is 0 Å². The molecule has 64 valence electrons. The molecule has 0 fully saturated rings. The largest absolute Gasteiger partial charge is 0.500 e. The van der Waals surface area contributed by atoms with Crippen LogP contribution in [0.5, 0.6) is 0 Å². The Balaban J connectivity index is 3.48. The Morgan fingerprint density at radius 3 is 2.82 bits per heavy atom. The number of nitrogens with two attached hydrogens (primary N) is 2. The van der Waals surface area contributed by atoms with Gasteiger partial charge in [0.2, 0.25) is 0 Å². The van der Waals surface area contributed by atoms with Gasteiger partial charge in [-0.05, 0) is 6.08 Å². The zero-order chi connectivity index (χ0) is 8.69. The third kappa shape index (κ3) is 5.38. The molecule has 0 bridgehead atoms. The van der Waals surface area contributed by atoms with E-state index in [9.17, 15) is 4.79 Å². The molecule has 5 heteroatoms. The van der Waals surface area contributed by atoms with Crippen LogP contribution in [0.2, 0.25) is 0 Å². The molecule has 1 atom stereocenters. The Morgan fingerprint density at radius 2 is 2.36 bits per heavy atom. The topological polar surface area (TPSA) is 98.6 Å². The molecule has 5 nitrogen and oxygen atoms in total. The molecule has 0 aliphatic rings. The first-order valence-electron chi connectivity index (χ1n) is 3.15. The van der Waals surface area contributed by atoms with Gasteiger partial charge in [-0.15, -0.1) is 0 Å². The van der Waals surface area contributed by atoms with Crippen molar-refractivity contribution in [3.63, 3.8) is 0 Å². The van der Waals surface area contributed by atoms with Crippen LogP contribution in [0.25, 0.3) is 0 Å². The van der Waals surface area contributed by atoms with E-state index >= 15 is 0 Å². The predicted molar refractivity (Wildman–Crippen MR) is 39.8 cm³/mol. The van der Waals surface area contributed by atoms with Gasteiger partial charge in [0.1, 0.15) is 6.04 Å². The molecular formula is C6H12N2O3. The fraction of sp³-hybridized carbons (Fsp3) is 0.500. The average Bonchev–Trinajstić information content (AvgIpc) is 1.97. The molecule has 0 saturated carbocycles. The van der Waals surface area contributed by atoms with Crippen LogP contribution in [0, 0.1) is 0 Å². The summed E-state index contributed by atoms with van der Waals surface area (Å²) in [6.45, 7) is 0.759. The molecular weight excluding hydrogens is 148 g/mol. The molecule has 0 radical (unpaired) electrons. The van der Waals surface area contributed by atoms with Gasteiger partial charge >= 0.3 is 5.97 Å². The zero-order valence-corrected chi connectivity index (χ0v) is 6.06. The van der Waals surface area contributed by atoms with E-state index in [1.54, 1.807) is 0 Å². The number of carbonyl (C=O) groups is 1. The molecule has 0 spiro atoms. The van der Waals surface area contributed by atoms with Gasteiger partial charge < -0.3 is 21.3 Å². The minimum atomic E-state index is -1.09. The highest BCUT2D eigenvalue weighted by molar-refractivity contribution is 5.75. The number of rotatable bonds is 5. The highest BCUT2D eigenvalue weighted by atomic mass is 16.5. The number of carboxylic acids is 1. The van der Waals surface area contributed by atoms with Crippen molar-refractivity contribution in [2.45, 2.75) is 6.04 Å². The molecule has 0 aromatic heterocycles. The highest BCUT2D eigenvalue weighted by Gasteiger charge is 2.05. The summed E-state index contributed by atoms with van der Waals surface area (Å²) in [6.07, 6.45) is 2.49. The lowest BCUT2D eigenvalue weighted by Gasteiger charge is -1.98. The molecule has 0 heterocycles. The molecule has 11 heavy (non-hydrogen) atoms. The summed E-state index contributed by atoms with van der Waals surface area (Å²) in [7, 11) is 0. The number of hydrogen-bond donors (Lipinski definition) is 3. The Kier molecular flexibility index (Phi) is 5.14. The van der Waals surface area contributed by atoms with Crippen LogP contribution < -0.4 is 11.5 Å². The third-order valence-corrected chi connectivity index (χ3v) is 0.903. The minimum absolute atomic E-state index is 0.364. The van der Waals surface area contributed by atoms with E-state index in [0.29, 0.717) is 13.2 Å². The van der Waals surface area contributed by atoms with Gasteiger partial charge in [-0.3, -0.25) is 4.79 Å². The van der Waals surface area contributed by atoms with Crippen molar-refractivity contribution in [1.82, 2.24) is 0 Å². The van der Waals surface area contributed by atoms with E-state index in [1.165, 1.54) is 12.3 Å². The molecule has 5 N–H and O–H groups in total. The van der Waals surface area contributed by atoms with Crippen molar-refractivity contribution in [2.24, 2.45) is 11.5 Å². The lowest BCUT2D eigenvalue weighted by Crippen LogP contribution is -2.27. The van der Waals surface area contributed by atoms with Crippen molar-refractivity contribution in [3.8, 4) is 0 Å². The quantitative estimate of drug-likeness (QED) is 0.350.